The maximum atomic E-state index is 14.1. The standard InChI is InChI=1S/C27H26Cl2F2N4O4/c28-20-4-3-17(9-22(20)30)39-14-25(36)32-12-15-5-7-34(8-6-15)33-27(38)19-13-35(16-1-2-16)24-11-21(29)23(31)10-18(24)26(19)37/h3-4,9-11,13,15-16H,1-2,5-8,12,14H2,(H,32,36)(H,33,38). The van der Waals surface area contributed by atoms with E-state index in [2.05, 4.69) is 10.7 Å². The number of hydrogen-bond acceptors (Lipinski definition) is 5. The maximum Gasteiger partial charge on any atom is 0.271 e. The van der Waals surface area contributed by atoms with Crippen LogP contribution in [-0.4, -0.2) is 47.6 Å². The fourth-order valence-electron chi connectivity index (χ4n) is 4.64. The van der Waals surface area contributed by atoms with Crippen molar-refractivity contribution < 1.29 is 23.1 Å². The minimum Gasteiger partial charge on any atom is -0.484 e. The Morgan fingerprint density at radius 1 is 1.00 bits per heavy atom. The summed E-state index contributed by atoms with van der Waals surface area (Å²) in [5.74, 6) is -1.81. The van der Waals surface area contributed by atoms with Gasteiger partial charge in [-0.15, -0.1) is 0 Å². The van der Waals surface area contributed by atoms with Gasteiger partial charge in [-0.2, -0.15) is 0 Å². The van der Waals surface area contributed by atoms with Crippen LogP contribution in [0.2, 0.25) is 10.0 Å². The third-order valence-electron chi connectivity index (χ3n) is 6.98. The van der Waals surface area contributed by atoms with Crippen molar-refractivity contribution in [1.82, 2.24) is 20.3 Å². The number of carbonyl (C=O) groups excluding carboxylic acids is 2. The van der Waals surface area contributed by atoms with E-state index in [1.165, 1.54) is 24.4 Å². The van der Waals surface area contributed by atoms with E-state index < -0.39 is 23.0 Å². The molecule has 2 amide bonds. The van der Waals surface area contributed by atoms with Gasteiger partial charge >= 0.3 is 0 Å². The average Bonchev–Trinajstić information content (AvgIpc) is 3.76. The summed E-state index contributed by atoms with van der Waals surface area (Å²) in [5, 5.41) is 4.58. The Hall–Kier alpha value is -3.21. The van der Waals surface area contributed by atoms with Crippen LogP contribution in [0.1, 0.15) is 42.1 Å². The molecule has 0 atom stereocenters. The molecule has 1 saturated carbocycles. The highest BCUT2D eigenvalue weighted by Gasteiger charge is 2.28. The second-order valence-corrected chi connectivity index (χ2v) is 10.6. The Morgan fingerprint density at radius 3 is 2.41 bits per heavy atom. The summed E-state index contributed by atoms with van der Waals surface area (Å²) >= 11 is 11.6. The van der Waals surface area contributed by atoms with Crippen molar-refractivity contribution >= 4 is 45.9 Å². The fraction of sp³-hybridized carbons (Fsp3) is 0.370. The normalized spacial score (nSPS) is 16.3. The lowest BCUT2D eigenvalue weighted by molar-refractivity contribution is -0.123. The molecule has 12 heteroatoms. The maximum absolute atomic E-state index is 14.1. The van der Waals surface area contributed by atoms with Crippen molar-refractivity contribution in [2.24, 2.45) is 5.92 Å². The van der Waals surface area contributed by atoms with Gasteiger partial charge in [0.05, 0.1) is 15.6 Å². The van der Waals surface area contributed by atoms with E-state index in [0.717, 1.165) is 25.0 Å². The third kappa shape index (κ3) is 6.34. The topological polar surface area (TPSA) is 92.7 Å². The van der Waals surface area contributed by atoms with Crippen molar-refractivity contribution in [2.45, 2.75) is 31.7 Å². The molecule has 2 aliphatic rings. The number of ether oxygens (including phenoxy) is 1. The lowest BCUT2D eigenvalue weighted by Crippen LogP contribution is -2.49. The number of aromatic nitrogens is 1. The largest absolute Gasteiger partial charge is 0.484 e. The predicted molar refractivity (Wildman–Crippen MR) is 143 cm³/mol. The fourth-order valence-corrected chi connectivity index (χ4v) is 4.91. The highest BCUT2D eigenvalue weighted by molar-refractivity contribution is 6.31. The van der Waals surface area contributed by atoms with Gasteiger partial charge in [-0.05, 0) is 55.9 Å². The molecule has 0 unspecified atom stereocenters. The summed E-state index contributed by atoms with van der Waals surface area (Å²) in [6.45, 7) is 1.24. The number of piperidine rings is 1. The number of amides is 2. The molecule has 1 aromatic heterocycles. The molecule has 2 heterocycles. The van der Waals surface area contributed by atoms with Crippen LogP contribution in [0.5, 0.6) is 5.75 Å². The molecule has 39 heavy (non-hydrogen) atoms. The van der Waals surface area contributed by atoms with Crippen LogP contribution >= 0.6 is 23.2 Å². The van der Waals surface area contributed by atoms with Gasteiger partial charge in [0.25, 0.3) is 11.8 Å². The van der Waals surface area contributed by atoms with Gasteiger partial charge in [-0.25, -0.2) is 13.8 Å². The van der Waals surface area contributed by atoms with Gasteiger partial charge in [0.15, 0.2) is 6.61 Å². The van der Waals surface area contributed by atoms with Crippen LogP contribution in [0, 0.1) is 17.6 Å². The summed E-state index contributed by atoms with van der Waals surface area (Å²) in [6, 6.07) is 6.62. The van der Waals surface area contributed by atoms with Crippen LogP contribution in [0.15, 0.2) is 41.3 Å². The first-order valence-electron chi connectivity index (χ1n) is 12.6. The number of halogens is 4. The summed E-state index contributed by atoms with van der Waals surface area (Å²) in [4.78, 5) is 38.3. The van der Waals surface area contributed by atoms with Crippen LogP contribution in [0.4, 0.5) is 8.78 Å². The Morgan fingerprint density at radius 2 is 1.72 bits per heavy atom. The number of hydrogen-bond donors (Lipinski definition) is 2. The molecule has 1 aliphatic carbocycles. The lowest BCUT2D eigenvalue weighted by Gasteiger charge is -2.32. The quantitative estimate of drug-likeness (QED) is 0.411. The smallest absolute Gasteiger partial charge is 0.271 e. The first kappa shape index (κ1) is 27.4. The second kappa shape index (κ2) is 11.5. The molecule has 2 fully saturated rings. The zero-order valence-corrected chi connectivity index (χ0v) is 22.3. The Balaban J connectivity index is 1.13. The number of benzene rings is 2. The van der Waals surface area contributed by atoms with E-state index in [1.54, 1.807) is 5.01 Å². The van der Waals surface area contributed by atoms with Gasteiger partial charge in [0, 0.05) is 43.3 Å². The zero-order chi connectivity index (χ0) is 27.7. The minimum atomic E-state index is -0.708. The molecule has 8 nitrogen and oxygen atoms in total. The lowest BCUT2D eigenvalue weighted by atomic mass is 9.98. The number of fused-ring (bicyclic) bond motifs is 1. The van der Waals surface area contributed by atoms with Gasteiger partial charge in [0.1, 0.15) is 22.9 Å². The number of pyridine rings is 1. The van der Waals surface area contributed by atoms with Crippen LogP contribution in [-0.2, 0) is 4.79 Å². The molecule has 0 radical (unpaired) electrons. The predicted octanol–water partition coefficient (Wildman–Crippen LogP) is 4.47. The highest BCUT2D eigenvalue weighted by Crippen LogP contribution is 2.37. The number of nitrogens with one attached hydrogen (secondary N) is 2. The molecule has 206 valence electrons. The van der Waals surface area contributed by atoms with E-state index in [0.29, 0.717) is 38.0 Å². The number of hydrazine groups is 1. The Kier molecular flexibility index (Phi) is 8.06. The molecule has 2 N–H and O–H groups in total. The minimum absolute atomic E-state index is 0.0253. The molecule has 3 aromatic rings. The van der Waals surface area contributed by atoms with Gasteiger partial charge in [-0.3, -0.25) is 19.8 Å². The summed E-state index contributed by atoms with van der Waals surface area (Å²) in [5.41, 5.74) is 2.72. The van der Waals surface area contributed by atoms with Gasteiger partial charge in [0.2, 0.25) is 5.43 Å². The van der Waals surface area contributed by atoms with Gasteiger partial charge < -0.3 is 14.6 Å². The molecule has 2 aromatic carbocycles. The number of nitrogens with zero attached hydrogens (tertiary/aromatic N) is 2. The summed E-state index contributed by atoms with van der Waals surface area (Å²) in [7, 11) is 0. The molecular formula is C27H26Cl2F2N4O4. The molecule has 0 spiro atoms. The van der Waals surface area contributed by atoms with Crippen LogP contribution < -0.4 is 20.9 Å². The molecule has 0 bridgehead atoms. The average molecular weight is 579 g/mol. The molecule has 5 rings (SSSR count). The van der Waals surface area contributed by atoms with E-state index in [9.17, 15) is 23.2 Å². The Labute approximate surface area is 232 Å². The summed E-state index contributed by atoms with van der Waals surface area (Å²) < 4.78 is 34.8. The van der Waals surface area contributed by atoms with E-state index in [4.69, 9.17) is 27.9 Å². The van der Waals surface area contributed by atoms with Gasteiger partial charge in [-0.1, -0.05) is 23.2 Å². The molecular weight excluding hydrogens is 553 g/mol. The zero-order valence-electron chi connectivity index (χ0n) is 20.8. The SMILES string of the molecule is O=C(COc1ccc(Cl)c(F)c1)NCC1CCN(NC(=O)c2cn(C3CC3)c3cc(Cl)c(F)cc3c2=O)CC1. The van der Waals surface area contributed by atoms with Crippen molar-refractivity contribution in [2.75, 3.05) is 26.2 Å². The van der Waals surface area contributed by atoms with Crippen LogP contribution in [0.25, 0.3) is 10.9 Å². The monoisotopic (exact) mass is 578 g/mol. The van der Waals surface area contributed by atoms with Crippen LogP contribution in [0.3, 0.4) is 0 Å². The van der Waals surface area contributed by atoms with E-state index in [-0.39, 0.29) is 51.2 Å². The van der Waals surface area contributed by atoms with E-state index in [1.807, 2.05) is 4.57 Å². The first-order valence-corrected chi connectivity index (χ1v) is 13.4. The van der Waals surface area contributed by atoms with Crippen molar-refractivity contribution in [3.63, 3.8) is 0 Å². The number of rotatable bonds is 8. The van der Waals surface area contributed by atoms with Crippen molar-refractivity contribution in [3.05, 3.63) is 74.0 Å². The van der Waals surface area contributed by atoms with E-state index >= 15 is 0 Å². The van der Waals surface area contributed by atoms with Crippen molar-refractivity contribution in [3.8, 4) is 5.75 Å². The Bertz CT molecular complexity index is 1490. The second-order valence-electron chi connectivity index (χ2n) is 9.83. The molecule has 1 saturated heterocycles. The number of carbonyl (C=O) groups is 2. The third-order valence-corrected chi connectivity index (χ3v) is 7.58. The first-order chi connectivity index (χ1) is 18.7. The van der Waals surface area contributed by atoms with Crippen molar-refractivity contribution in [1.29, 1.82) is 0 Å². The summed E-state index contributed by atoms with van der Waals surface area (Å²) in [6.07, 6.45) is 4.76. The highest BCUT2D eigenvalue weighted by atomic mass is 35.5. The molecule has 1 aliphatic heterocycles.